The predicted molar refractivity (Wildman–Crippen MR) is 125 cm³/mol. The van der Waals surface area contributed by atoms with E-state index in [9.17, 15) is 23.3 Å². The number of nitrogens with one attached hydrogen (secondary N) is 1. The van der Waals surface area contributed by atoms with Crippen LogP contribution in [-0.2, 0) is 24.3 Å². The lowest BCUT2D eigenvalue weighted by Gasteiger charge is -2.26. The molecule has 2 aliphatic rings. The van der Waals surface area contributed by atoms with E-state index >= 15 is 0 Å². The van der Waals surface area contributed by atoms with E-state index in [1.165, 1.54) is 23.3 Å². The molecule has 0 saturated heterocycles. The fourth-order valence-electron chi connectivity index (χ4n) is 3.66. The Bertz CT molecular complexity index is 1410. The normalized spacial score (nSPS) is 16.1. The number of nitrogens with zero attached hydrogens (tertiary/aromatic N) is 4. The summed E-state index contributed by atoms with van der Waals surface area (Å²) in [6.45, 7) is 3.25. The summed E-state index contributed by atoms with van der Waals surface area (Å²) >= 11 is 0. The summed E-state index contributed by atoms with van der Waals surface area (Å²) in [6.07, 6.45) is 4.23. The molecule has 1 N–H and O–H groups in total. The summed E-state index contributed by atoms with van der Waals surface area (Å²) in [7, 11) is -3.50. The standard InChI is InChI=1S/C23H21N5O5S/c1-15-16(2)28(18-6-4-3-5-7-18)22(19(15)12-24)25-21(29)14-33-23(30)17-8-9-20-26-34(31,32)11-10-27(20)13-17/h3-9,13H,10-11,14H2,1-2H3,(H,25,29). The highest BCUT2D eigenvalue weighted by atomic mass is 32.2. The third-order valence-electron chi connectivity index (χ3n) is 5.49. The number of nitriles is 1. The minimum atomic E-state index is -3.50. The lowest BCUT2D eigenvalue weighted by molar-refractivity contribution is -0.143. The summed E-state index contributed by atoms with van der Waals surface area (Å²) in [6, 6.07) is 11.4. The van der Waals surface area contributed by atoms with Gasteiger partial charge < -0.3 is 15.0 Å². The quantitative estimate of drug-likeness (QED) is 0.648. The summed E-state index contributed by atoms with van der Waals surface area (Å²) in [5, 5.41) is 12.3. The Morgan fingerprint density at radius 3 is 2.65 bits per heavy atom. The zero-order chi connectivity index (χ0) is 24.5. The maximum Gasteiger partial charge on any atom is 0.340 e. The molecule has 11 heteroatoms. The van der Waals surface area contributed by atoms with Crippen molar-refractivity contribution in [1.29, 1.82) is 5.26 Å². The highest BCUT2D eigenvalue weighted by molar-refractivity contribution is 7.90. The molecule has 4 rings (SSSR count). The van der Waals surface area contributed by atoms with Crippen LogP contribution < -0.4 is 5.32 Å². The van der Waals surface area contributed by atoms with Gasteiger partial charge in [0.25, 0.3) is 15.9 Å². The molecule has 10 nitrogen and oxygen atoms in total. The van der Waals surface area contributed by atoms with Gasteiger partial charge in [0.05, 0.1) is 16.9 Å². The highest BCUT2D eigenvalue weighted by Gasteiger charge is 2.26. The van der Waals surface area contributed by atoms with Gasteiger partial charge in [0.2, 0.25) is 0 Å². The zero-order valence-electron chi connectivity index (χ0n) is 18.5. The van der Waals surface area contributed by atoms with Crippen molar-refractivity contribution in [2.75, 3.05) is 24.2 Å². The molecule has 3 heterocycles. The van der Waals surface area contributed by atoms with Gasteiger partial charge in [-0.2, -0.15) is 5.26 Å². The van der Waals surface area contributed by atoms with E-state index in [-0.39, 0.29) is 23.7 Å². The Morgan fingerprint density at radius 1 is 1.21 bits per heavy atom. The Kier molecular flexibility index (Phi) is 6.08. The molecule has 1 aromatic heterocycles. The number of anilines is 1. The van der Waals surface area contributed by atoms with Crippen LogP contribution in [0.15, 0.2) is 58.7 Å². The van der Waals surface area contributed by atoms with Crippen LogP contribution in [0.2, 0.25) is 0 Å². The first kappa shape index (κ1) is 23.0. The molecule has 0 saturated carbocycles. The molecule has 0 fully saturated rings. The van der Waals surface area contributed by atoms with Gasteiger partial charge in [-0.3, -0.25) is 9.36 Å². The first-order chi connectivity index (χ1) is 16.2. The number of benzene rings is 1. The van der Waals surface area contributed by atoms with Crippen LogP contribution in [0.4, 0.5) is 5.82 Å². The van der Waals surface area contributed by atoms with Gasteiger partial charge in [-0.25, -0.2) is 13.2 Å². The van der Waals surface area contributed by atoms with E-state index in [0.717, 1.165) is 16.9 Å². The molecule has 1 aromatic carbocycles. The van der Waals surface area contributed by atoms with Gasteiger partial charge in [0.1, 0.15) is 17.7 Å². The van der Waals surface area contributed by atoms with Crippen LogP contribution in [0.5, 0.6) is 0 Å². The molecule has 0 spiro atoms. The third-order valence-corrected chi connectivity index (χ3v) is 6.66. The molecule has 0 unspecified atom stereocenters. The first-order valence-electron chi connectivity index (χ1n) is 10.3. The Morgan fingerprint density at radius 2 is 1.94 bits per heavy atom. The molecule has 0 radical (unpaired) electrons. The van der Waals surface area contributed by atoms with E-state index in [1.807, 2.05) is 37.3 Å². The van der Waals surface area contributed by atoms with E-state index in [2.05, 4.69) is 15.8 Å². The molecule has 0 bridgehead atoms. The maximum atomic E-state index is 12.6. The lowest BCUT2D eigenvalue weighted by atomic mass is 10.2. The number of amides is 1. The first-order valence-corrected chi connectivity index (χ1v) is 11.9. The molecule has 1 amide bonds. The van der Waals surface area contributed by atoms with Crippen LogP contribution in [0, 0.1) is 25.2 Å². The van der Waals surface area contributed by atoms with Crippen LogP contribution in [0.3, 0.4) is 0 Å². The number of rotatable bonds is 5. The predicted octanol–water partition coefficient (Wildman–Crippen LogP) is 1.95. The number of carbonyl (C=O) groups is 2. The smallest absolute Gasteiger partial charge is 0.340 e. The number of ether oxygens (including phenoxy) is 1. The number of esters is 1. The van der Waals surface area contributed by atoms with Gasteiger partial charge in [0.15, 0.2) is 6.61 Å². The van der Waals surface area contributed by atoms with Crippen LogP contribution in [0.25, 0.3) is 5.69 Å². The number of sulfonamides is 1. The van der Waals surface area contributed by atoms with Crippen molar-refractivity contribution < 1.29 is 22.7 Å². The average Bonchev–Trinajstić information content (AvgIpc) is 3.05. The number of hydrogen-bond acceptors (Lipinski definition) is 7. The SMILES string of the molecule is Cc1c(C#N)c(NC(=O)COC(=O)C2=CN3CCS(=O)(=O)N=C3C=C2)n(-c2ccccc2)c1C. The molecule has 34 heavy (non-hydrogen) atoms. The number of carbonyl (C=O) groups excluding carboxylic acids is 2. The van der Waals surface area contributed by atoms with E-state index < -0.39 is 28.5 Å². The average molecular weight is 480 g/mol. The van der Waals surface area contributed by atoms with E-state index in [0.29, 0.717) is 11.4 Å². The van der Waals surface area contributed by atoms with Crippen LogP contribution >= 0.6 is 0 Å². The Balaban J connectivity index is 1.47. The van der Waals surface area contributed by atoms with Gasteiger partial charge in [-0.1, -0.05) is 18.2 Å². The van der Waals surface area contributed by atoms with Gasteiger partial charge >= 0.3 is 5.97 Å². The van der Waals surface area contributed by atoms with Crippen molar-refractivity contribution in [3.8, 4) is 11.8 Å². The molecular formula is C23H21N5O5S. The second-order valence-electron chi connectivity index (χ2n) is 7.69. The van der Waals surface area contributed by atoms with Gasteiger partial charge in [-0.05, 0) is 43.7 Å². The second kappa shape index (κ2) is 8.99. The fourth-order valence-corrected chi connectivity index (χ4v) is 4.63. The van der Waals surface area contributed by atoms with Crippen molar-refractivity contribution >= 4 is 33.6 Å². The van der Waals surface area contributed by atoms with Crippen molar-refractivity contribution in [3.63, 3.8) is 0 Å². The molecular weight excluding hydrogens is 458 g/mol. The van der Waals surface area contributed by atoms with Crippen molar-refractivity contribution in [3.05, 3.63) is 71.1 Å². The third kappa shape index (κ3) is 4.49. The Hall–Kier alpha value is -4.17. The van der Waals surface area contributed by atoms with Crippen LogP contribution in [0.1, 0.15) is 16.8 Å². The second-order valence-corrected chi connectivity index (χ2v) is 9.44. The number of aromatic nitrogens is 1. The number of fused-ring (bicyclic) bond motifs is 1. The van der Waals surface area contributed by atoms with Crippen molar-refractivity contribution in [1.82, 2.24) is 9.47 Å². The molecule has 0 aliphatic carbocycles. The molecule has 0 atom stereocenters. The molecule has 174 valence electrons. The van der Waals surface area contributed by atoms with Crippen molar-refractivity contribution in [2.45, 2.75) is 13.8 Å². The lowest BCUT2D eigenvalue weighted by Crippen LogP contribution is -2.37. The van der Waals surface area contributed by atoms with Gasteiger partial charge in [-0.15, -0.1) is 4.40 Å². The summed E-state index contributed by atoms with van der Waals surface area (Å²) in [5.74, 6) is -0.988. The topological polar surface area (TPSA) is 134 Å². The molecule has 2 aliphatic heterocycles. The summed E-state index contributed by atoms with van der Waals surface area (Å²) in [4.78, 5) is 26.6. The number of para-hydroxylation sites is 1. The van der Waals surface area contributed by atoms with Gasteiger partial charge in [0, 0.05) is 24.1 Å². The number of amidine groups is 1. The largest absolute Gasteiger partial charge is 0.452 e. The minimum absolute atomic E-state index is 0.156. The minimum Gasteiger partial charge on any atom is -0.452 e. The van der Waals surface area contributed by atoms with E-state index in [1.54, 1.807) is 11.5 Å². The highest BCUT2D eigenvalue weighted by Crippen LogP contribution is 2.29. The number of hydrogen-bond donors (Lipinski definition) is 1. The fraction of sp³-hybridized carbons (Fsp3) is 0.217. The van der Waals surface area contributed by atoms with Crippen molar-refractivity contribution in [2.24, 2.45) is 4.40 Å². The van der Waals surface area contributed by atoms with E-state index in [4.69, 9.17) is 4.74 Å². The summed E-state index contributed by atoms with van der Waals surface area (Å²) < 4.78 is 33.8. The Labute approximate surface area is 196 Å². The maximum absolute atomic E-state index is 12.6. The molecule has 2 aromatic rings. The summed E-state index contributed by atoms with van der Waals surface area (Å²) in [5.41, 5.74) is 2.79. The zero-order valence-corrected chi connectivity index (χ0v) is 19.3. The monoisotopic (exact) mass is 479 g/mol. The van der Waals surface area contributed by atoms with Crippen LogP contribution in [-0.4, -0.2) is 54.5 Å².